The fraction of sp³-hybridized carbons (Fsp3) is 0.415. The number of benzene rings is 3. The number of rotatable bonds is 12. The second-order valence-electron chi connectivity index (χ2n) is 15.1. The van der Waals surface area contributed by atoms with Crippen molar-refractivity contribution in [2.75, 3.05) is 19.8 Å². The Balaban J connectivity index is 1.24. The Bertz CT molecular complexity index is 2440. The minimum absolute atomic E-state index is 0.183. The van der Waals surface area contributed by atoms with Crippen LogP contribution in [0.4, 0.5) is 0 Å². The van der Waals surface area contributed by atoms with Crippen LogP contribution in [-0.2, 0) is 28.5 Å². The van der Waals surface area contributed by atoms with Gasteiger partial charge in [-0.25, -0.2) is 4.79 Å². The van der Waals surface area contributed by atoms with Crippen LogP contribution in [-0.4, -0.2) is 183 Å². The summed E-state index contributed by atoms with van der Waals surface area (Å²) in [6.45, 7) is -2.38. The zero-order valence-corrected chi connectivity index (χ0v) is 33.3. The number of aromatic hydroxyl groups is 5. The van der Waals surface area contributed by atoms with E-state index in [1.165, 1.54) is 12.1 Å². The maximum Gasteiger partial charge on any atom is 0.331 e. The summed E-state index contributed by atoms with van der Waals surface area (Å²) in [5.41, 5.74) is -1.61. The highest BCUT2D eigenvalue weighted by atomic mass is 16.8. The van der Waals surface area contributed by atoms with Crippen molar-refractivity contribution >= 4 is 23.0 Å². The van der Waals surface area contributed by atoms with Gasteiger partial charge in [0.2, 0.25) is 23.8 Å². The number of hydrogen-bond donors (Lipinski definition) is 14. The number of fused-ring (bicyclic) bond motifs is 1. The molecule has 3 aliphatic rings. The Labute approximate surface area is 364 Å². The Morgan fingerprint density at radius 2 is 1.31 bits per heavy atom. The molecule has 65 heavy (non-hydrogen) atoms. The SMILES string of the molecule is O=C(C=Cc1ccc(O)c(O)c1)OC1C(OC2C(Oc3c(-c4ccc(O)c(O)c4)oc4cc(OC5OC(CO)C(O)C(O)C5O)cc(O)c4c3=O)OC(CO)C(O)C2O)OCC(O)C1O. The number of esters is 1. The van der Waals surface area contributed by atoms with Gasteiger partial charge >= 0.3 is 5.97 Å². The lowest BCUT2D eigenvalue weighted by atomic mass is 9.98. The van der Waals surface area contributed by atoms with Gasteiger partial charge in [0.25, 0.3) is 0 Å². The van der Waals surface area contributed by atoms with Crippen molar-refractivity contribution in [3.8, 4) is 51.6 Å². The molecule has 3 aromatic carbocycles. The number of carbonyl (C=O) groups is 1. The quantitative estimate of drug-likeness (QED) is 0.0384. The minimum atomic E-state index is -2.10. The first kappa shape index (κ1) is 47.1. The van der Waals surface area contributed by atoms with E-state index in [2.05, 4.69) is 0 Å². The lowest BCUT2D eigenvalue weighted by Gasteiger charge is -2.45. The Morgan fingerprint density at radius 1 is 0.662 bits per heavy atom. The monoisotopic (exact) mass is 920 g/mol. The van der Waals surface area contributed by atoms with Gasteiger partial charge in [0, 0.05) is 23.8 Å². The molecule has 0 saturated carbocycles. The first-order chi connectivity index (χ1) is 30.9. The molecule has 4 aromatic rings. The summed E-state index contributed by atoms with van der Waals surface area (Å²) in [6, 6.07) is 8.61. The first-order valence-corrected chi connectivity index (χ1v) is 19.6. The fourth-order valence-electron chi connectivity index (χ4n) is 7.14. The summed E-state index contributed by atoms with van der Waals surface area (Å²) in [6.07, 6.45) is -23.7. The van der Waals surface area contributed by atoms with Gasteiger partial charge in [0.1, 0.15) is 77.4 Å². The van der Waals surface area contributed by atoms with Crippen LogP contribution in [0, 0.1) is 0 Å². The minimum Gasteiger partial charge on any atom is -0.507 e. The second kappa shape index (κ2) is 19.3. The van der Waals surface area contributed by atoms with Crippen LogP contribution >= 0.6 is 0 Å². The molecule has 1 aromatic heterocycles. The third-order valence-electron chi connectivity index (χ3n) is 10.7. The molecule has 3 aliphatic heterocycles. The highest BCUT2D eigenvalue weighted by molar-refractivity contribution is 5.89. The molecule has 14 N–H and O–H groups in total. The van der Waals surface area contributed by atoms with E-state index in [9.17, 15) is 81.1 Å². The number of ether oxygens (including phenoxy) is 7. The number of carbonyl (C=O) groups excluding carboxylic acids is 1. The molecule has 3 saturated heterocycles. The van der Waals surface area contributed by atoms with Gasteiger partial charge in [-0.15, -0.1) is 0 Å². The maximum atomic E-state index is 14.4. The molecule has 0 amide bonds. The van der Waals surface area contributed by atoms with E-state index in [0.717, 1.165) is 48.5 Å². The van der Waals surface area contributed by atoms with Crippen LogP contribution in [0.15, 0.2) is 63.8 Å². The van der Waals surface area contributed by atoms with Crippen molar-refractivity contribution in [1.82, 2.24) is 0 Å². The van der Waals surface area contributed by atoms with E-state index in [4.69, 9.17) is 37.6 Å². The van der Waals surface area contributed by atoms with Crippen molar-refractivity contribution < 1.29 is 114 Å². The van der Waals surface area contributed by atoms with E-state index in [0.29, 0.717) is 0 Å². The van der Waals surface area contributed by atoms with E-state index >= 15 is 0 Å². The molecular weight excluding hydrogens is 876 g/mol. The van der Waals surface area contributed by atoms with Crippen LogP contribution in [0.3, 0.4) is 0 Å². The van der Waals surface area contributed by atoms with Gasteiger partial charge in [0.15, 0.2) is 47.3 Å². The number of hydrogen-bond acceptors (Lipinski definition) is 24. The van der Waals surface area contributed by atoms with Crippen molar-refractivity contribution in [2.24, 2.45) is 0 Å². The van der Waals surface area contributed by atoms with Crippen LogP contribution in [0.1, 0.15) is 5.56 Å². The van der Waals surface area contributed by atoms with E-state index in [-0.39, 0.29) is 16.9 Å². The van der Waals surface area contributed by atoms with Crippen molar-refractivity contribution in [1.29, 1.82) is 0 Å². The summed E-state index contributed by atoms with van der Waals surface area (Å²) in [4.78, 5) is 27.4. The van der Waals surface area contributed by atoms with Crippen molar-refractivity contribution in [3.05, 3.63) is 70.4 Å². The van der Waals surface area contributed by atoms with Gasteiger partial charge in [-0.1, -0.05) is 6.07 Å². The highest BCUT2D eigenvalue weighted by Crippen LogP contribution is 2.41. The summed E-state index contributed by atoms with van der Waals surface area (Å²) in [7, 11) is 0. The number of aliphatic hydroxyl groups excluding tert-OH is 9. The first-order valence-electron chi connectivity index (χ1n) is 19.6. The van der Waals surface area contributed by atoms with Gasteiger partial charge in [-0.05, 0) is 42.0 Å². The topological polar surface area (TPSA) is 395 Å². The summed E-state index contributed by atoms with van der Waals surface area (Å²) in [5.74, 6) is -6.04. The van der Waals surface area contributed by atoms with Gasteiger partial charge in [0.05, 0.1) is 19.8 Å². The molecule has 24 heteroatoms. The van der Waals surface area contributed by atoms with E-state index in [1.807, 2.05) is 0 Å². The Hall–Kier alpha value is -5.84. The maximum absolute atomic E-state index is 14.4. The molecule has 24 nitrogen and oxygen atoms in total. The molecule has 0 aliphatic carbocycles. The zero-order chi connectivity index (χ0) is 47.0. The molecule has 4 heterocycles. The van der Waals surface area contributed by atoms with Crippen molar-refractivity contribution in [3.63, 3.8) is 0 Å². The largest absolute Gasteiger partial charge is 0.507 e. The van der Waals surface area contributed by atoms with Gasteiger partial charge in [-0.3, -0.25) is 4.79 Å². The number of aliphatic hydroxyl groups is 9. The molecule has 14 unspecified atom stereocenters. The Morgan fingerprint density at radius 3 is 1.97 bits per heavy atom. The Kier molecular flexibility index (Phi) is 14.0. The van der Waals surface area contributed by atoms with Crippen LogP contribution in [0.5, 0.6) is 40.2 Å². The van der Waals surface area contributed by atoms with Crippen molar-refractivity contribution in [2.45, 2.75) is 86.0 Å². The van der Waals surface area contributed by atoms with Gasteiger partial charge in [-0.2, -0.15) is 0 Å². The standard InChI is InChI=1S/C41H44O24/c42-11-24-29(52)32(55)34(57)39(61-24)59-16-9-21(48)27-23(10-16)60-35(15-3-5-18(45)20(47)8-15)36(31(27)54)64-41-38(33(56)30(53)25(12-43)62-41)65-40-37(28(51)22(49)13-58-40)63-26(50)6-2-14-1-4-17(44)19(46)7-14/h1-10,22,24-25,28-30,32-34,37-49,51-53,55-57H,11-13H2. The summed E-state index contributed by atoms with van der Waals surface area (Å²) < 4.78 is 45.6. The van der Waals surface area contributed by atoms with Crippen LogP contribution in [0.2, 0.25) is 0 Å². The third-order valence-corrected chi connectivity index (χ3v) is 10.7. The molecule has 7 rings (SSSR count). The number of phenols is 5. The summed E-state index contributed by atoms with van der Waals surface area (Å²) >= 11 is 0. The predicted octanol–water partition coefficient (Wildman–Crippen LogP) is -2.93. The normalized spacial score (nSPS) is 31.8. The smallest absolute Gasteiger partial charge is 0.331 e. The molecule has 3 fully saturated rings. The fourth-order valence-corrected chi connectivity index (χ4v) is 7.14. The average Bonchev–Trinajstić information content (AvgIpc) is 3.27. The molecule has 0 spiro atoms. The molecular formula is C41H44O24. The highest BCUT2D eigenvalue weighted by Gasteiger charge is 2.52. The van der Waals surface area contributed by atoms with Crippen LogP contribution < -0.4 is 14.9 Å². The molecule has 352 valence electrons. The lowest BCUT2D eigenvalue weighted by molar-refractivity contribution is -0.345. The lowest BCUT2D eigenvalue weighted by Crippen LogP contribution is -2.64. The summed E-state index contributed by atoms with van der Waals surface area (Å²) in [5, 5.41) is 145. The molecule has 0 radical (unpaired) electrons. The zero-order valence-electron chi connectivity index (χ0n) is 33.3. The second-order valence-corrected chi connectivity index (χ2v) is 15.1. The van der Waals surface area contributed by atoms with E-state index in [1.54, 1.807) is 0 Å². The molecule has 0 bridgehead atoms. The number of phenolic OH excluding ortho intramolecular Hbond substituents is 5. The average molecular weight is 921 g/mol. The molecule has 14 atom stereocenters. The van der Waals surface area contributed by atoms with Crippen LogP contribution in [0.25, 0.3) is 28.4 Å². The van der Waals surface area contributed by atoms with Gasteiger partial charge < -0.3 is 109 Å². The predicted molar refractivity (Wildman–Crippen MR) is 211 cm³/mol. The van der Waals surface area contributed by atoms with E-state index < -0.39 is 168 Å². The third kappa shape index (κ3) is 9.61.